The summed E-state index contributed by atoms with van der Waals surface area (Å²) in [4.78, 5) is 11.9. The van der Waals surface area contributed by atoms with Crippen LogP contribution in [0.15, 0.2) is 22.7 Å². The maximum atomic E-state index is 11.9. The molecular weight excluding hydrogens is 314 g/mol. The van der Waals surface area contributed by atoms with E-state index in [9.17, 15) is 4.79 Å². The summed E-state index contributed by atoms with van der Waals surface area (Å²) in [5, 5.41) is 2.95. The Balaban J connectivity index is 2.32. The number of aryl methyl sites for hydroxylation is 1. The van der Waals surface area contributed by atoms with Gasteiger partial charge in [0.2, 0.25) is 0 Å². The molecule has 0 spiro atoms. The fourth-order valence-electron chi connectivity index (χ4n) is 1.75. The summed E-state index contributed by atoms with van der Waals surface area (Å²) in [6.07, 6.45) is 4.32. The van der Waals surface area contributed by atoms with Crippen LogP contribution in [-0.4, -0.2) is 18.3 Å². The molecule has 0 aromatic heterocycles. The van der Waals surface area contributed by atoms with E-state index in [0.717, 1.165) is 53.7 Å². The summed E-state index contributed by atoms with van der Waals surface area (Å²) in [5.41, 5.74) is 1.74. The van der Waals surface area contributed by atoms with Crippen molar-refractivity contribution in [3.8, 4) is 0 Å². The van der Waals surface area contributed by atoms with Gasteiger partial charge in [0.15, 0.2) is 0 Å². The number of unbranched alkanes of at least 4 members (excludes halogenated alkanes) is 3. The van der Waals surface area contributed by atoms with Crippen LogP contribution in [0.1, 0.15) is 41.6 Å². The number of hydrogen-bond acceptors (Lipinski definition) is 1. The topological polar surface area (TPSA) is 29.1 Å². The van der Waals surface area contributed by atoms with Gasteiger partial charge in [0.25, 0.3) is 5.91 Å². The van der Waals surface area contributed by atoms with Crippen molar-refractivity contribution in [1.82, 2.24) is 5.32 Å². The highest BCUT2D eigenvalue weighted by atomic mass is 79.9. The number of carbonyl (C=O) groups excluding carboxylic acids is 1. The molecule has 0 saturated heterocycles. The zero-order valence-electron chi connectivity index (χ0n) is 10.6. The molecule has 0 unspecified atom stereocenters. The van der Waals surface area contributed by atoms with Crippen molar-refractivity contribution in [2.24, 2.45) is 0 Å². The average Bonchev–Trinajstić information content (AvgIpc) is 2.33. The maximum Gasteiger partial charge on any atom is 0.251 e. The molecule has 0 radical (unpaired) electrons. The van der Waals surface area contributed by atoms with Crippen LogP contribution in [-0.2, 0) is 0 Å². The number of nitrogens with one attached hydrogen (secondary N) is 1. The van der Waals surface area contributed by atoms with E-state index < -0.39 is 0 Å². The number of benzene rings is 1. The molecule has 4 heteroatoms. The second-order valence-electron chi connectivity index (χ2n) is 4.32. The number of hydrogen-bond donors (Lipinski definition) is 1. The van der Waals surface area contributed by atoms with Gasteiger partial charge in [0.05, 0.1) is 0 Å². The predicted molar refractivity (Wildman–Crippen MR) is 80.4 cm³/mol. The van der Waals surface area contributed by atoms with Crippen LogP contribution in [0.3, 0.4) is 0 Å². The lowest BCUT2D eigenvalue weighted by Crippen LogP contribution is -2.25. The Morgan fingerprint density at radius 2 is 2.00 bits per heavy atom. The molecule has 0 heterocycles. The van der Waals surface area contributed by atoms with Gasteiger partial charge < -0.3 is 5.32 Å². The third-order valence-corrected chi connectivity index (χ3v) is 3.54. The average molecular weight is 333 g/mol. The SMILES string of the molecule is Cc1cc(Br)ccc1C(=O)NCCCCCCCl. The molecule has 0 fully saturated rings. The number of alkyl halides is 1. The molecule has 1 N–H and O–H groups in total. The van der Waals surface area contributed by atoms with Gasteiger partial charge in [0, 0.05) is 22.5 Å². The highest BCUT2D eigenvalue weighted by Gasteiger charge is 2.07. The van der Waals surface area contributed by atoms with Crippen LogP contribution < -0.4 is 5.32 Å². The highest BCUT2D eigenvalue weighted by Crippen LogP contribution is 2.15. The molecule has 1 aromatic carbocycles. The normalized spacial score (nSPS) is 10.4. The lowest BCUT2D eigenvalue weighted by molar-refractivity contribution is 0.0952. The minimum absolute atomic E-state index is 0.0114. The monoisotopic (exact) mass is 331 g/mol. The van der Waals surface area contributed by atoms with E-state index in [1.165, 1.54) is 0 Å². The van der Waals surface area contributed by atoms with Gasteiger partial charge in [-0.15, -0.1) is 11.6 Å². The van der Waals surface area contributed by atoms with Crippen molar-refractivity contribution < 1.29 is 4.79 Å². The molecule has 0 bridgehead atoms. The van der Waals surface area contributed by atoms with Crippen molar-refractivity contribution in [3.05, 3.63) is 33.8 Å². The highest BCUT2D eigenvalue weighted by molar-refractivity contribution is 9.10. The zero-order valence-corrected chi connectivity index (χ0v) is 13.0. The first-order chi connectivity index (χ1) is 8.65. The lowest BCUT2D eigenvalue weighted by atomic mass is 10.1. The minimum atomic E-state index is 0.0114. The van der Waals surface area contributed by atoms with Crippen LogP contribution in [0.5, 0.6) is 0 Å². The van der Waals surface area contributed by atoms with Crippen LogP contribution in [0.2, 0.25) is 0 Å². The summed E-state index contributed by atoms with van der Waals surface area (Å²) in [5.74, 6) is 0.738. The summed E-state index contributed by atoms with van der Waals surface area (Å²) in [6, 6.07) is 5.69. The largest absolute Gasteiger partial charge is 0.352 e. The van der Waals surface area contributed by atoms with Gasteiger partial charge in [-0.05, 0) is 43.5 Å². The first kappa shape index (κ1) is 15.5. The lowest BCUT2D eigenvalue weighted by Gasteiger charge is -2.08. The Morgan fingerprint density at radius 3 is 2.67 bits per heavy atom. The van der Waals surface area contributed by atoms with Crippen molar-refractivity contribution in [3.63, 3.8) is 0 Å². The molecule has 2 nitrogen and oxygen atoms in total. The molecule has 1 rings (SSSR count). The third kappa shape index (κ3) is 5.40. The van der Waals surface area contributed by atoms with Crippen molar-refractivity contribution in [2.75, 3.05) is 12.4 Å². The standard InChI is InChI=1S/C14H19BrClNO/c1-11-10-12(15)6-7-13(11)14(18)17-9-5-3-2-4-8-16/h6-7,10H,2-5,8-9H2,1H3,(H,17,18). The quantitative estimate of drug-likeness (QED) is 0.586. The van der Waals surface area contributed by atoms with Crippen LogP contribution in [0, 0.1) is 6.92 Å². The Hall–Kier alpha value is -0.540. The third-order valence-electron chi connectivity index (χ3n) is 2.78. The molecule has 0 atom stereocenters. The van der Waals surface area contributed by atoms with Gasteiger partial charge in [-0.3, -0.25) is 4.79 Å². The smallest absolute Gasteiger partial charge is 0.251 e. The Kier molecular flexibility index (Phi) is 7.36. The number of halogens is 2. The van der Waals surface area contributed by atoms with Crippen molar-refractivity contribution >= 4 is 33.4 Å². The van der Waals surface area contributed by atoms with E-state index in [0.29, 0.717) is 0 Å². The molecule has 1 aromatic rings. The molecule has 0 saturated carbocycles. The van der Waals surface area contributed by atoms with E-state index in [2.05, 4.69) is 21.2 Å². The minimum Gasteiger partial charge on any atom is -0.352 e. The first-order valence-electron chi connectivity index (χ1n) is 6.25. The predicted octanol–water partition coefficient (Wildman–Crippen LogP) is 4.29. The number of carbonyl (C=O) groups is 1. The van der Waals surface area contributed by atoms with Gasteiger partial charge in [-0.1, -0.05) is 28.8 Å². The second kappa shape index (κ2) is 8.54. The fourth-order valence-corrected chi connectivity index (χ4v) is 2.42. The van der Waals surface area contributed by atoms with Gasteiger partial charge in [0.1, 0.15) is 0 Å². The summed E-state index contributed by atoms with van der Waals surface area (Å²) < 4.78 is 0.998. The molecular formula is C14H19BrClNO. The van der Waals surface area contributed by atoms with E-state index in [1.807, 2.05) is 25.1 Å². The fraction of sp³-hybridized carbons (Fsp3) is 0.500. The molecule has 1 amide bonds. The van der Waals surface area contributed by atoms with Crippen LogP contribution in [0.4, 0.5) is 0 Å². The maximum absolute atomic E-state index is 11.9. The summed E-state index contributed by atoms with van der Waals surface area (Å²) in [6.45, 7) is 2.68. The van der Waals surface area contributed by atoms with E-state index >= 15 is 0 Å². The Bertz CT molecular complexity index is 395. The van der Waals surface area contributed by atoms with Crippen molar-refractivity contribution in [1.29, 1.82) is 0 Å². The molecule has 0 aliphatic carbocycles. The van der Waals surface area contributed by atoms with Gasteiger partial charge in [-0.25, -0.2) is 0 Å². The van der Waals surface area contributed by atoms with E-state index in [-0.39, 0.29) is 5.91 Å². The molecule has 18 heavy (non-hydrogen) atoms. The van der Waals surface area contributed by atoms with Gasteiger partial charge in [-0.2, -0.15) is 0 Å². The Labute approximate surface area is 122 Å². The first-order valence-corrected chi connectivity index (χ1v) is 7.58. The van der Waals surface area contributed by atoms with E-state index in [1.54, 1.807) is 0 Å². The van der Waals surface area contributed by atoms with Crippen molar-refractivity contribution in [2.45, 2.75) is 32.6 Å². The number of rotatable bonds is 7. The summed E-state index contributed by atoms with van der Waals surface area (Å²) in [7, 11) is 0. The molecule has 100 valence electrons. The number of amides is 1. The molecule has 0 aliphatic rings. The van der Waals surface area contributed by atoms with Crippen LogP contribution >= 0.6 is 27.5 Å². The second-order valence-corrected chi connectivity index (χ2v) is 5.61. The van der Waals surface area contributed by atoms with Gasteiger partial charge >= 0.3 is 0 Å². The van der Waals surface area contributed by atoms with Crippen LogP contribution in [0.25, 0.3) is 0 Å². The van der Waals surface area contributed by atoms with E-state index in [4.69, 9.17) is 11.6 Å². The Morgan fingerprint density at radius 1 is 1.28 bits per heavy atom. The molecule has 0 aliphatic heterocycles. The summed E-state index contributed by atoms with van der Waals surface area (Å²) >= 11 is 8.99. The zero-order chi connectivity index (χ0) is 13.4.